The molecule has 0 spiro atoms. The molecule has 1 atom stereocenters. The first-order valence-electron chi connectivity index (χ1n) is 5.04. The molecule has 0 aliphatic heterocycles. The van der Waals surface area contributed by atoms with Crippen molar-refractivity contribution in [3.05, 3.63) is 0 Å². The molecule has 0 saturated heterocycles. The van der Waals surface area contributed by atoms with Gasteiger partial charge in [0.1, 0.15) is 0 Å². The summed E-state index contributed by atoms with van der Waals surface area (Å²) >= 11 is 0.0846. The van der Waals surface area contributed by atoms with Crippen LogP contribution in [0.25, 0.3) is 0 Å². The summed E-state index contributed by atoms with van der Waals surface area (Å²) in [4.78, 5) is 10.4. The van der Waals surface area contributed by atoms with E-state index in [1.165, 1.54) is 23.7 Å². The minimum absolute atomic E-state index is 0.0846. The van der Waals surface area contributed by atoms with Crippen LogP contribution in [0.2, 0.25) is 8.43 Å². The molecule has 0 saturated carbocycles. The van der Waals surface area contributed by atoms with E-state index in [1.54, 1.807) is 0 Å². The van der Waals surface area contributed by atoms with Gasteiger partial charge in [-0.25, -0.2) is 0 Å². The van der Waals surface area contributed by atoms with E-state index in [0.717, 1.165) is 10.4 Å². The van der Waals surface area contributed by atoms with Gasteiger partial charge < -0.3 is 0 Å². The second-order valence-electron chi connectivity index (χ2n) is 3.19. The summed E-state index contributed by atoms with van der Waals surface area (Å²) in [5.41, 5.74) is 0. The zero-order chi connectivity index (χ0) is 10.1. The van der Waals surface area contributed by atoms with Gasteiger partial charge in [-0.15, -0.1) is 0 Å². The summed E-state index contributed by atoms with van der Waals surface area (Å²) in [5.74, 6) is -0.638. The molecule has 78 valence electrons. The van der Waals surface area contributed by atoms with E-state index >= 15 is 0 Å². The molecule has 0 aliphatic carbocycles. The Morgan fingerprint density at radius 3 is 2.62 bits per heavy atom. The van der Waals surface area contributed by atoms with Gasteiger partial charge in [0.2, 0.25) is 0 Å². The summed E-state index contributed by atoms with van der Waals surface area (Å²) in [6.45, 7) is 4.40. The van der Waals surface area contributed by atoms with E-state index in [-0.39, 0.29) is 20.9 Å². The van der Waals surface area contributed by atoms with Crippen molar-refractivity contribution < 1.29 is 9.90 Å². The molecule has 0 radical (unpaired) electrons. The van der Waals surface area contributed by atoms with E-state index in [2.05, 4.69) is 13.8 Å². The Balaban J connectivity index is 3.45. The van der Waals surface area contributed by atoms with Gasteiger partial charge in [0, 0.05) is 0 Å². The van der Waals surface area contributed by atoms with Gasteiger partial charge in [-0.05, 0) is 0 Å². The van der Waals surface area contributed by atoms with Crippen LogP contribution < -0.4 is 0 Å². The molecule has 0 aromatic rings. The molecule has 0 heterocycles. The summed E-state index contributed by atoms with van der Waals surface area (Å²) in [5, 5.41) is 8.54. The van der Waals surface area contributed by atoms with Crippen LogP contribution in [-0.4, -0.2) is 32.0 Å². The fourth-order valence-corrected chi connectivity index (χ4v) is 4.82. The molecule has 0 fully saturated rings. The SMILES string of the molecule is CCCC[Te]C(CC)CCC(=O)O. The van der Waals surface area contributed by atoms with Crippen LogP contribution in [0.15, 0.2) is 0 Å². The predicted molar refractivity (Wildman–Crippen MR) is 56.4 cm³/mol. The molecule has 0 aliphatic rings. The van der Waals surface area contributed by atoms with Crippen LogP contribution in [0.1, 0.15) is 46.0 Å². The van der Waals surface area contributed by atoms with Gasteiger partial charge in [-0.3, -0.25) is 0 Å². The first-order valence-corrected chi connectivity index (χ1v) is 8.03. The first-order chi connectivity index (χ1) is 6.20. The molecule has 1 N–H and O–H groups in total. The third-order valence-electron chi connectivity index (χ3n) is 1.99. The number of carbonyl (C=O) groups is 1. The second-order valence-corrected chi connectivity index (χ2v) is 7.21. The first kappa shape index (κ1) is 13.3. The van der Waals surface area contributed by atoms with Crippen LogP contribution in [0, 0.1) is 0 Å². The summed E-state index contributed by atoms with van der Waals surface area (Å²) < 4.78 is 2.15. The van der Waals surface area contributed by atoms with Gasteiger partial charge in [-0.2, -0.15) is 0 Å². The molecule has 0 aromatic carbocycles. The Morgan fingerprint density at radius 2 is 2.15 bits per heavy atom. The third kappa shape index (κ3) is 8.59. The van der Waals surface area contributed by atoms with Crippen molar-refractivity contribution in [2.24, 2.45) is 0 Å². The summed E-state index contributed by atoms with van der Waals surface area (Å²) in [7, 11) is 0. The van der Waals surface area contributed by atoms with Crippen molar-refractivity contribution in [1.29, 1.82) is 0 Å². The van der Waals surface area contributed by atoms with Crippen molar-refractivity contribution >= 4 is 26.9 Å². The number of rotatable bonds is 8. The van der Waals surface area contributed by atoms with Crippen molar-refractivity contribution in [2.75, 3.05) is 0 Å². The minimum atomic E-state index is -0.638. The maximum absolute atomic E-state index is 10.4. The van der Waals surface area contributed by atoms with Crippen molar-refractivity contribution in [3.8, 4) is 0 Å². The number of aliphatic carboxylic acids is 1. The van der Waals surface area contributed by atoms with E-state index in [4.69, 9.17) is 5.11 Å². The normalized spacial score (nSPS) is 12.8. The molecule has 0 bridgehead atoms. The van der Waals surface area contributed by atoms with Crippen molar-refractivity contribution in [3.63, 3.8) is 0 Å². The fraction of sp³-hybridized carbons (Fsp3) is 0.900. The Morgan fingerprint density at radius 1 is 1.46 bits per heavy atom. The van der Waals surface area contributed by atoms with Gasteiger partial charge in [-0.1, -0.05) is 0 Å². The average Bonchev–Trinajstić information content (AvgIpc) is 2.10. The molecule has 13 heavy (non-hydrogen) atoms. The molecule has 3 heteroatoms. The summed E-state index contributed by atoms with van der Waals surface area (Å²) in [6.07, 6.45) is 5.08. The van der Waals surface area contributed by atoms with Crippen LogP contribution in [0.4, 0.5) is 0 Å². The molecule has 0 rings (SSSR count). The van der Waals surface area contributed by atoms with Gasteiger partial charge >= 0.3 is 91.2 Å². The van der Waals surface area contributed by atoms with Crippen LogP contribution in [0.3, 0.4) is 0 Å². The van der Waals surface area contributed by atoms with E-state index in [9.17, 15) is 4.79 Å². The molecular weight excluding hydrogens is 280 g/mol. The quantitative estimate of drug-likeness (QED) is 0.553. The Bertz CT molecular complexity index is 137. The van der Waals surface area contributed by atoms with E-state index < -0.39 is 5.97 Å². The van der Waals surface area contributed by atoms with Gasteiger partial charge in [0.05, 0.1) is 0 Å². The van der Waals surface area contributed by atoms with Crippen LogP contribution in [-0.2, 0) is 4.79 Å². The number of carboxylic acids is 1. The summed E-state index contributed by atoms with van der Waals surface area (Å²) in [6, 6.07) is 0. The third-order valence-corrected chi connectivity index (χ3v) is 6.45. The topological polar surface area (TPSA) is 37.3 Å². The Kier molecular flexibility index (Phi) is 9.02. The Hall–Kier alpha value is 0.260. The second kappa shape index (κ2) is 8.84. The van der Waals surface area contributed by atoms with Crippen molar-refractivity contribution in [2.45, 2.75) is 54.4 Å². The fourth-order valence-electron chi connectivity index (χ4n) is 1.08. The zero-order valence-electron chi connectivity index (χ0n) is 8.58. The van der Waals surface area contributed by atoms with E-state index in [0.29, 0.717) is 6.42 Å². The average molecular weight is 300 g/mol. The van der Waals surface area contributed by atoms with Crippen LogP contribution >= 0.6 is 0 Å². The van der Waals surface area contributed by atoms with Crippen molar-refractivity contribution in [1.82, 2.24) is 0 Å². The maximum atomic E-state index is 10.4. The molecule has 0 aromatic heterocycles. The molecule has 2 nitrogen and oxygen atoms in total. The molecule has 1 unspecified atom stereocenters. The predicted octanol–water partition coefficient (Wildman–Crippen LogP) is 2.97. The number of carboxylic acid groups (broad SMARTS) is 1. The number of hydrogen-bond donors (Lipinski definition) is 1. The monoisotopic (exact) mass is 302 g/mol. The number of unbranched alkanes of at least 4 members (excludes halogenated alkanes) is 1. The van der Waals surface area contributed by atoms with Gasteiger partial charge in [0.15, 0.2) is 0 Å². The Labute approximate surface area is 91.2 Å². The number of hydrogen-bond acceptors (Lipinski definition) is 1. The van der Waals surface area contributed by atoms with Gasteiger partial charge in [0.25, 0.3) is 0 Å². The van der Waals surface area contributed by atoms with Crippen LogP contribution in [0.5, 0.6) is 0 Å². The zero-order valence-corrected chi connectivity index (χ0v) is 10.9. The van der Waals surface area contributed by atoms with E-state index in [1.807, 2.05) is 0 Å². The molecule has 0 amide bonds. The molecular formula is C10H20O2Te. The standard InChI is InChI=1S/C10H20O2Te/c1-3-5-8-13-9(4-2)6-7-10(11)12/h9H,3-8H2,1-2H3,(H,11,12).